The molecule has 0 bridgehead atoms. The van der Waals surface area contributed by atoms with E-state index in [0.717, 1.165) is 22.4 Å². The van der Waals surface area contributed by atoms with Crippen LogP contribution in [0.1, 0.15) is 0 Å². The Morgan fingerprint density at radius 2 is 1.04 bits per heavy atom. The van der Waals surface area contributed by atoms with Crippen molar-refractivity contribution in [2.24, 2.45) is 0 Å². The van der Waals surface area contributed by atoms with Gasteiger partial charge in [-0.05, 0) is 64.7 Å². The molecule has 0 N–H and O–H groups in total. The van der Waals surface area contributed by atoms with Gasteiger partial charge in [-0.1, -0.05) is 121 Å². The Morgan fingerprint density at radius 1 is 0.404 bits per heavy atom. The summed E-state index contributed by atoms with van der Waals surface area (Å²) in [6, 6.07) is 60.3. The van der Waals surface area contributed by atoms with Gasteiger partial charge >= 0.3 is 0 Å². The molecule has 0 saturated carbocycles. The van der Waals surface area contributed by atoms with Crippen LogP contribution in [0.4, 0.5) is 0 Å². The molecule has 0 unspecified atom stereocenters. The fourth-order valence-corrected chi connectivity index (χ4v) is 8.93. The van der Waals surface area contributed by atoms with E-state index in [9.17, 15) is 0 Å². The second-order valence-electron chi connectivity index (χ2n) is 13.2. The summed E-state index contributed by atoms with van der Waals surface area (Å²) in [6.45, 7) is 0. The van der Waals surface area contributed by atoms with Crippen LogP contribution in [0.15, 0.2) is 170 Å². The number of nitrogens with zero attached hydrogens (tertiary/aromatic N) is 4. The fourth-order valence-electron chi connectivity index (χ4n) is 7.79. The molecule has 0 aliphatic carbocycles. The van der Waals surface area contributed by atoms with Crippen LogP contribution in [0.3, 0.4) is 0 Å². The third-order valence-corrected chi connectivity index (χ3v) is 11.3. The molecule has 0 fully saturated rings. The third-order valence-electron chi connectivity index (χ3n) is 10.2. The molecule has 0 aliphatic heterocycles. The Balaban J connectivity index is 1.12. The SMILES string of the molecule is c1ccc(-c2nc(-c3ccc(-n4c5cc6ccccc6cc5c5ccc6ccccc6c54)cc3)nc(-c3cccc4sc5ccccc5c34)n2)cc1. The van der Waals surface area contributed by atoms with Crippen LogP contribution in [-0.2, 0) is 0 Å². The molecule has 11 rings (SSSR count). The van der Waals surface area contributed by atoms with Crippen LogP contribution in [0.2, 0.25) is 0 Å². The van der Waals surface area contributed by atoms with Gasteiger partial charge < -0.3 is 4.57 Å². The molecule has 52 heavy (non-hydrogen) atoms. The lowest BCUT2D eigenvalue weighted by atomic mass is 10.0. The van der Waals surface area contributed by atoms with E-state index in [1.165, 1.54) is 63.5 Å². The molecule has 5 heteroatoms. The number of aromatic nitrogens is 4. The van der Waals surface area contributed by atoms with E-state index in [1.807, 2.05) is 18.2 Å². The lowest BCUT2D eigenvalue weighted by molar-refractivity contribution is 1.08. The highest BCUT2D eigenvalue weighted by Gasteiger charge is 2.19. The number of rotatable bonds is 4. The Labute approximate surface area is 302 Å². The Kier molecular flexibility index (Phi) is 6.39. The molecular formula is C47H28N4S. The first kappa shape index (κ1) is 29.1. The van der Waals surface area contributed by atoms with Gasteiger partial charge in [-0.3, -0.25) is 0 Å². The normalized spacial score (nSPS) is 11.8. The summed E-state index contributed by atoms with van der Waals surface area (Å²) in [6.07, 6.45) is 0. The van der Waals surface area contributed by atoms with E-state index < -0.39 is 0 Å². The van der Waals surface area contributed by atoms with Crippen molar-refractivity contribution in [3.63, 3.8) is 0 Å². The molecule has 4 nitrogen and oxygen atoms in total. The minimum atomic E-state index is 0.644. The van der Waals surface area contributed by atoms with Crippen molar-refractivity contribution in [3.05, 3.63) is 170 Å². The van der Waals surface area contributed by atoms with E-state index in [0.29, 0.717) is 17.5 Å². The molecule has 0 aliphatic rings. The van der Waals surface area contributed by atoms with Gasteiger partial charge in [0.25, 0.3) is 0 Å². The van der Waals surface area contributed by atoms with E-state index in [2.05, 4.69) is 156 Å². The molecule has 3 heterocycles. The molecule has 3 aromatic heterocycles. The summed E-state index contributed by atoms with van der Waals surface area (Å²) < 4.78 is 4.89. The maximum atomic E-state index is 5.18. The topological polar surface area (TPSA) is 43.6 Å². The number of hydrogen-bond acceptors (Lipinski definition) is 4. The van der Waals surface area contributed by atoms with Crippen molar-refractivity contribution in [3.8, 4) is 39.9 Å². The first-order chi connectivity index (χ1) is 25.8. The van der Waals surface area contributed by atoms with Crippen molar-refractivity contribution in [1.29, 1.82) is 0 Å². The monoisotopic (exact) mass is 680 g/mol. The van der Waals surface area contributed by atoms with Gasteiger partial charge in [-0.15, -0.1) is 11.3 Å². The van der Waals surface area contributed by atoms with E-state index in [1.54, 1.807) is 11.3 Å². The van der Waals surface area contributed by atoms with E-state index in [4.69, 9.17) is 15.0 Å². The van der Waals surface area contributed by atoms with Crippen LogP contribution < -0.4 is 0 Å². The van der Waals surface area contributed by atoms with Crippen LogP contribution in [0.25, 0.3) is 103 Å². The van der Waals surface area contributed by atoms with Gasteiger partial charge in [-0.25, -0.2) is 15.0 Å². The third kappa shape index (κ3) is 4.50. The number of benzene rings is 8. The zero-order valence-electron chi connectivity index (χ0n) is 27.9. The average molecular weight is 681 g/mol. The molecule has 8 aromatic carbocycles. The Morgan fingerprint density at radius 3 is 1.85 bits per heavy atom. The zero-order chi connectivity index (χ0) is 34.2. The van der Waals surface area contributed by atoms with Gasteiger partial charge in [0.2, 0.25) is 0 Å². The lowest BCUT2D eigenvalue weighted by Crippen LogP contribution is -2.01. The highest BCUT2D eigenvalue weighted by molar-refractivity contribution is 7.25. The summed E-state index contributed by atoms with van der Waals surface area (Å²) in [4.78, 5) is 15.3. The molecule has 0 radical (unpaired) electrons. The second-order valence-corrected chi connectivity index (χ2v) is 14.3. The molecule has 0 spiro atoms. The lowest BCUT2D eigenvalue weighted by Gasteiger charge is -2.12. The fraction of sp³-hybridized carbons (Fsp3) is 0. The summed E-state index contributed by atoms with van der Waals surface area (Å²) in [5, 5.41) is 9.80. The van der Waals surface area contributed by atoms with Crippen LogP contribution in [0, 0.1) is 0 Å². The van der Waals surface area contributed by atoms with Crippen molar-refractivity contribution in [1.82, 2.24) is 19.5 Å². The summed E-state index contributed by atoms with van der Waals surface area (Å²) in [7, 11) is 0. The minimum absolute atomic E-state index is 0.644. The highest BCUT2D eigenvalue weighted by atomic mass is 32.1. The largest absolute Gasteiger partial charge is 0.309 e. The quantitative estimate of drug-likeness (QED) is 0.186. The Hall–Kier alpha value is -6.69. The molecule has 11 aromatic rings. The number of hydrogen-bond donors (Lipinski definition) is 0. The number of thiophene rings is 1. The molecule has 0 amide bonds. The minimum Gasteiger partial charge on any atom is -0.309 e. The van der Waals surface area contributed by atoms with Gasteiger partial charge in [0.05, 0.1) is 11.0 Å². The predicted molar refractivity (Wildman–Crippen MR) is 218 cm³/mol. The molecule has 242 valence electrons. The smallest absolute Gasteiger partial charge is 0.164 e. The van der Waals surface area contributed by atoms with Crippen molar-refractivity contribution < 1.29 is 0 Å². The Bertz CT molecular complexity index is 3180. The standard InChI is InChI=1S/C47H28N4S/c1-2-12-30(13-3-1)45-48-46(50-47(49-45)38-18-10-20-42-43(38)37-17-8-9-19-41(37)52-42)31-21-24-34(25-22-31)51-40-28-33-15-5-4-14-32(33)27-39(40)36-26-23-29-11-6-7-16-35(29)44(36)51/h1-28H. The summed E-state index contributed by atoms with van der Waals surface area (Å²) >= 11 is 1.80. The second kappa shape index (κ2) is 11.4. The number of fused-ring (bicyclic) bond motifs is 9. The van der Waals surface area contributed by atoms with Crippen LogP contribution >= 0.6 is 11.3 Å². The molecule has 0 atom stereocenters. The van der Waals surface area contributed by atoms with Crippen LogP contribution in [0.5, 0.6) is 0 Å². The summed E-state index contributed by atoms with van der Waals surface area (Å²) in [5.41, 5.74) is 6.38. The van der Waals surface area contributed by atoms with Crippen molar-refractivity contribution in [2.75, 3.05) is 0 Å². The first-order valence-electron chi connectivity index (χ1n) is 17.4. The zero-order valence-corrected chi connectivity index (χ0v) is 28.7. The van der Waals surface area contributed by atoms with Gasteiger partial charge in [-0.2, -0.15) is 0 Å². The molecular weight excluding hydrogens is 653 g/mol. The summed E-state index contributed by atoms with van der Waals surface area (Å²) in [5.74, 6) is 1.97. The van der Waals surface area contributed by atoms with E-state index >= 15 is 0 Å². The average Bonchev–Trinajstić information content (AvgIpc) is 3.76. The van der Waals surface area contributed by atoms with Gasteiger partial charge in [0, 0.05) is 58.7 Å². The van der Waals surface area contributed by atoms with Crippen molar-refractivity contribution in [2.45, 2.75) is 0 Å². The van der Waals surface area contributed by atoms with E-state index in [-0.39, 0.29) is 0 Å². The maximum absolute atomic E-state index is 5.18. The maximum Gasteiger partial charge on any atom is 0.164 e. The first-order valence-corrected chi connectivity index (χ1v) is 18.3. The van der Waals surface area contributed by atoms with Gasteiger partial charge in [0.15, 0.2) is 17.5 Å². The predicted octanol–water partition coefficient (Wildman–Crippen LogP) is 12.6. The van der Waals surface area contributed by atoms with Crippen molar-refractivity contribution >= 4 is 74.9 Å². The molecule has 0 saturated heterocycles. The highest BCUT2D eigenvalue weighted by Crippen LogP contribution is 2.41. The van der Waals surface area contributed by atoms with Crippen LogP contribution in [-0.4, -0.2) is 19.5 Å². The van der Waals surface area contributed by atoms with Gasteiger partial charge in [0.1, 0.15) is 0 Å².